The van der Waals surface area contributed by atoms with Gasteiger partial charge in [-0.2, -0.15) is 0 Å². The van der Waals surface area contributed by atoms with Crippen LogP contribution in [0.5, 0.6) is 11.5 Å². The fourth-order valence-electron chi connectivity index (χ4n) is 2.60. The SMILES string of the molecule is COc1cc(C(=O)OC(C)C(=O)NCCc2ccccc2)cc(OC)c1C. The Bertz CT molecular complexity index is 763. The maximum Gasteiger partial charge on any atom is 0.339 e. The number of carbonyl (C=O) groups excluding carboxylic acids is 2. The topological polar surface area (TPSA) is 73.9 Å². The van der Waals surface area contributed by atoms with Crippen LogP contribution in [0.1, 0.15) is 28.4 Å². The Kier molecular flexibility index (Phi) is 7.23. The van der Waals surface area contributed by atoms with Crippen molar-refractivity contribution in [1.82, 2.24) is 5.32 Å². The molecule has 0 fully saturated rings. The van der Waals surface area contributed by atoms with E-state index >= 15 is 0 Å². The number of hydrogen-bond acceptors (Lipinski definition) is 5. The summed E-state index contributed by atoms with van der Waals surface area (Å²) in [6, 6.07) is 13.0. The molecule has 0 radical (unpaired) electrons. The highest BCUT2D eigenvalue weighted by Crippen LogP contribution is 2.29. The van der Waals surface area contributed by atoms with Crippen molar-refractivity contribution in [3.63, 3.8) is 0 Å². The van der Waals surface area contributed by atoms with E-state index in [1.54, 1.807) is 19.1 Å². The lowest BCUT2D eigenvalue weighted by Gasteiger charge is -2.15. The van der Waals surface area contributed by atoms with Crippen molar-refractivity contribution in [1.29, 1.82) is 0 Å². The molecule has 2 rings (SSSR count). The van der Waals surface area contributed by atoms with Crippen molar-refractivity contribution in [2.75, 3.05) is 20.8 Å². The third-order valence-electron chi connectivity index (χ3n) is 4.20. The third kappa shape index (κ3) is 5.48. The van der Waals surface area contributed by atoms with Crippen LogP contribution in [0.3, 0.4) is 0 Å². The van der Waals surface area contributed by atoms with Crippen molar-refractivity contribution < 1.29 is 23.8 Å². The maximum atomic E-state index is 12.4. The van der Waals surface area contributed by atoms with Crippen molar-refractivity contribution in [3.05, 3.63) is 59.2 Å². The highest BCUT2D eigenvalue weighted by Gasteiger charge is 2.20. The number of esters is 1. The first-order valence-corrected chi connectivity index (χ1v) is 8.71. The molecule has 0 aliphatic heterocycles. The van der Waals surface area contributed by atoms with Gasteiger partial charge in [0.15, 0.2) is 6.10 Å². The quantitative estimate of drug-likeness (QED) is 0.722. The van der Waals surface area contributed by atoms with Crippen LogP contribution in [-0.2, 0) is 16.0 Å². The Morgan fingerprint density at radius 2 is 1.63 bits per heavy atom. The minimum atomic E-state index is -0.911. The number of hydrogen-bond donors (Lipinski definition) is 1. The Morgan fingerprint density at radius 1 is 1.04 bits per heavy atom. The van der Waals surface area contributed by atoms with Gasteiger partial charge in [0.05, 0.1) is 19.8 Å². The van der Waals surface area contributed by atoms with E-state index in [0.717, 1.165) is 11.1 Å². The van der Waals surface area contributed by atoms with E-state index in [4.69, 9.17) is 14.2 Å². The maximum absolute atomic E-state index is 12.4. The molecule has 0 saturated heterocycles. The molecular formula is C21H25NO5. The normalized spacial score (nSPS) is 11.4. The molecule has 0 aliphatic rings. The van der Waals surface area contributed by atoms with Gasteiger partial charge in [-0.1, -0.05) is 30.3 Å². The summed E-state index contributed by atoms with van der Waals surface area (Å²) >= 11 is 0. The lowest BCUT2D eigenvalue weighted by molar-refractivity contribution is -0.129. The predicted molar refractivity (Wildman–Crippen MR) is 102 cm³/mol. The van der Waals surface area contributed by atoms with Gasteiger partial charge in [-0.25, -0.2) is 4.79 Å². The second-order valence-corrected chi connectivity index (χ2v) is 6.08. The van der Waals surface area contributed by atoms with Crippen LogP contribution in [-0.4, -0.2) is 38.7 Å². The molecule has 0 saturated carbocycles. The molecule has 1 amide bonds. The summed E-state index contributed by atoms with van der Waals surface area (Å²) in [5, 5.41) is 2.78. The number of benzene rings is 2. The standard InChI is InChI=1S/C21H25NO5/c1-14-18(25-3)12-17(13-19(14)26-4)21(24)27-15(2)20(23)22-11-10-16-8-6-5-7-9-16/h5-9,12-13,15H,10-11H2,1-4H3,(H,22,23). The molecule has 1 unspecified atom stereocenters. The zero-order valence-electron chi connectivity index (χ0n) is 16.1. The molecule has 2 aromatic rings. The first-order chi connectivity index (χ1) is 13.0. The van der Waals surface area contributed by atoms with Crippen LogP contribution in [0, 0.1) is 6.92 Å². The summed E-state index contributed by atoms with van der Waals surface area (Å²) in [7, 11) is 3.03. The van der Waals surface area contributed by atoms with Gasteiger partial charge in [-0.05, 0) is 38.0 Å². The van der Waals surface area contributed by atoms with Crippen molar-refractivity contribution in [3.8, 4) is 11.5 Å². The molecule has 0 aliphatic carbocycles. The van der Waals surface area contributed by atoms with Crippen molar-refractivity contribution in [2.45, 2.75) is 26.4 Å². The number of ether oxygens (including phenoxy) is 3. The average Bonchev–Trinajstić information content (AvgIpc) is 2.68. The van der Waals surface area contributed by atoms with Gasteiger partial charge in [-0.15, -0.1) is 0 Å². The Labute approximate surface area is 159 Å². The van der Waals surface area contributed by atoms with Crippen LogP contribution >= 0.6 is 0 Å². The average molecular weight is 371 g/mol. The van der Waals surface area contributed by atoms with E-state index in [2.05, 4.69) is 5.32 Å². The molecule has 6 nitrogen and oxygen atoms in total. The van der Waals surface area contributed by atoms with Gasteiger partial charge in [-0.3, -0.25) is 4.79 Å². The number of nitrogens with one attached hydrogen (secondary N) is 1. The van der Waals surface area contributed by atoms with Gasteiger partial charge in [0.25, 0.3) is 5.91 Å². The van der Waals surface area contributed by atoms with Gasteiger partial charge >= 0.3 is 5.97 Å². The smallest absolute Gasteiger partial charge is 0.339 e. The molecule has 6 heteroatoms. The van der Waals surface area contributed by atoms with Gasteiger partial charge in [0.1, 0.15) is 11.5 Å². The Morgan fingerprint density at radius 3 is 2.19 bits per heavy atom. The summed E-state index contributed by atoms with van der Waals surface area (Å²) < 4.78 is 15.8. The Balaban J connectivity index is 1.93. The molecule has 1 N–H and O–H groups in total. The molecule has 27 heavy (non-hydrogen) atoms. The second kappa shape index (κ2) is 9.62. The number of carbonyl (C=O) groups is 2. The number of rotatable bonds is 8. The van der Waals surface area contributed by atoms with E-state index < -0.39 is 12.1 Å². The van der Waals surface area contributed by atoms with Crippen molar-refractivity contribution >= 4 is 11.9 Å². The molecule has 0 aromatic heterocycles. The lowest BCUT2D eigenvalue weighted by atomic mass is 10.1. The van der Waals surface area contributed by atoms with Crippen LogP contribution in [0.25, 0.3) is 0 Å². The van der Waals surface area contributed by atoms with Crippen LogP contribution in [0.2, 0.25) is 0 Å². The molecular weight excluding hydrogens is 346 g/mol. The van der Waals surface area contributed by atoms with Crippen LogP contribution < -0.4 is 14.8 Å². The van der Waals surface area contributed by atoms with E-state index in [1.807, 2.05) is 37.3 Å². The Hall–Kier alpha value is -3.02. The summed E-state index contributed by atoms with van der Waals surface area (Å²) in [6.07, 6.45) is -0.203. The summed E-state index contributed by atoms with van der Waals surface area (Å²) in [4.78, 5) is 24.6. The van der Waals surface area contributed by atoms with E-state index in [-0.39, 0.29) is 11.5 Å². The first kappa shape index (κ1) is 20.3. The first-order valence-electron chi connectivity index (χ1n) is 8.71. The van der Waals surface area contributed by atoms with Gasteiger partial charge in [0.2, 0.25) is 0 Å². The molecule has 0 heterocycles. The molecule has 144 valence electrons. The third-order valence-corrected chi connectivity index (χ3v) is 4.20. The van der Waals surface area contributed by atoms with Crippen molar-refractivity contribution in [2.24, 2.45) is 0 Å². The fourth-order valence-corrected chi connectivity index (χ4v) is 2.60. The summed E-state index contributed by atoms with van der Waals surface area (Å²) in [5.41, 5.74) is 2.17. The predicted octanol–water partition coefficient (Wildman–Crippen LogP) is 2.92. The minimum absolute atomic E-state index is 0.262. The zero-order chi connectivity index (χ0) is 19.8. The van der Waals surface area contributed by atoms with Gasteiger partial charge < -0.3 is 19.5 Å². The summed E-state index contributed by atoms with van der Waals surface area (Å²) in [5.74, 6) is 0.0742. The highest BCUT2D eigenvalue weighted by atomic mass is 16.5. The van der Waals surface area contributed by atoms with Gasteiger partial charge in [0, 0.05) is 12.1 Å². The lowest BCUT2D eigenvalue weighted by Crippen LogP contribution is -2.36. The van der Waals surface area contributed by atoms with Crippen LogP contribution in [0.4, 0.5) is 0 Å². The molecule has 1 atom stereocenters. The second-order valence-electron chi connectivity index (χ2n) is 6.08. The number of amides is 1. The monoisotopic (exact) mass is 371 g/mol. The van der Waals surface area contributed by atoms with Crippen LogP contribution in [0.15, 0.2) is 42.5 Å². The van der Waals surface area contributed by atoms with E-state index in [9.17, 15) is 9.59 Å². The number of methoxy groups -OCH3 is 2. The van der Waals surface area contributed by atoms with E-state index in [1.165, 1.54) is 14.2 Å². The summed E-state index contributed by atoms with van der Waals surface area (Å²) in [6.45, 7) is 3.84. The zero-order valence-corrected chi connectivity index (χ0v) is 16.1. The van der Waals surface area contributed by atoms with E-state index in [0.29, 0.717) is 24.5 Å². The molecule has 0 bridgehead atoms. The molecule has 2 aromatic carbocycles. The largest absolute Gasteiger partial charge is 0.496 e. The fraction of sp³-hybridized carbons (Fsp3) is 0.333. The highest BCUT2D eigenvalue weighted by molar-refractivity contribution is 5.93. The minimum Gasteiger partial charge on any atom is -0.496 e. The molecule has 0 spiro atoms.